The maximum Gasteiger partial charge on any atom is 0.0568 e. The van der Waals surface area contributed by atoms with Crippen LogP contribution >= 0.6 is 11.9 Å². The van der Waals surface area contributed by atoms with Gasteiger partial charge in [-0.2, -0.15) is 13.0 Å². The number of hydrogen-bond acceptors (Lipinski definition) is 4. The Labute approximate surface area is 142 Å². The molecule has 107 valence electrons. The van der Waals surface area contributed by atoms with Gasteiger partial charge < -0.3 is 22.7 Å². The summed E-state index contributed by atoms with van der Waals surface area (Å²) >= 11 is 1.62. The standard InChI is InChI=1S/C12H27N3OS.Y/c1-5-6-7-13-8-11(9-16)14-10-17-15-12(2,3)4;/h11,14-16H,1,5-10H2,2-4H3;/q-2;. The number of unbranched alkanes of at least 4 members (excludes halogenated alkanes) is 1. The summed E-state index contributed by atoms with van der Waals surface area (Å²) in [6.45, 7) is 11.8. The van der Waals surface area contributed by atoms with E-state index < -0.39 is 0 Å². The molecular formula is C12H27N3OSY-2. The Kier molecular flexibility index (Phi) is 15.9. The maximum atomic E-state index is 9.18. The van der Waals surface area contributed by atoms with Gasteiger partial charge in [0.2, 0.25) is 0 Å². The van der Waals surface area contributed by atoms with Crippen LogP contribution in [-0.4, -0.2) is 42.3 Å². The Morgan fingerprint density at radius 2 is 2.06 bits per heavy atom. The molecular weight excluding hydrogens is 323 g/mol. The molecule has 0 heterocycles. The van der Waals surface area contributed by atoms with Crippen LogP contribution in [-0.2, 0) is 32.7 Å². The van der Waals surface area contributed by atoms with E-state index in [1.807, 2.05) is 0 Å². The normalized spacial score (nSPS) is 13.2. The zero-order valence-electron chi connectivity index (χ0n) is 11.9. The van der Waals surface area contributed by atoms with Gasteiger partial charge in [0, 0.05) is 44.3 Å². The van der Waals surface area contributed by atoms with Crippen molar-refractivity contribution in [3.63, 3.8) is 0 Å². The molecule has 0 fully saturated rings. The summed E-state index contributed by atoms with van der Waals surface area (Å²) in [7, 11) is 0. The van der Waals surface area contributed by atoms with Gasteiger partial charge in [0.25, 0.3) is 0 Å². The molecule has 3 N–H and O–H groups in total. The molecule has 0 rings (SSSR count). The Hall–Kier alpha value is 1.29. The van der Waals surface area contributed by atoms with Crippen molar-refractivity contribution in [2.45, 2.75) is 45.2 Å². The van der Waals surface area contributed by atoms with Crippen molar-refractivity contribution in [1.29, 1.82) is 0 Å². The van der Waals surface area contributed by atoms with E-state index in [9.17, 15) is 5.11 Å². The van der Waals surface area contributed by atoms with E-state index in [1.54, 1.807) is 11.9 Å². The monoisotopic (exact) mass is 350 g/mol. The minimum absolute atomic E-state index is 0. The average Bonchev–Trinajstić information content (AvgIpc) is 2.25. The second-order valence-electron chi connectivity index (χ2n) is 5.06. The predicted octanol–water partition coefficient (Wildman–Crippen LogP) is 1.92. The van der Waals surface area contributed by atoms with Crippen molar-refractivity contribution in [1.82, 2.24) is 10.0 Å². The summed E-state index contributed by atoms with van der Waals surface area (Å²) in [4.78, 5) is 0. The third-order valence-corrected chi connectivity index (χ3v) is 3.03. The van der Waals surface area contributed by atoms with Gasteiger partial charge in [0.05, 0.1) is 12.5 Å². The Bertz CT molecular complexity index is 179. The largest absolute Gasteiger partial charge is 0.661 e. The Morgan fingerprint density at radius 3 is 2.56 bits per heavy atom. The first-order valence-corrected chi connectivity index (χ1v) is 7.14. The number of rotatable bonds is 10. The number of nitrogens with zero attached hydrogens (tertiary/aromatic N) is 1. The summed E-state index contributed by atoms with van der Waals surface area (Å²) in [5.41, 5.74) is 0.111. The van der Waals surface area contributed by atoms with E-state index in [1.165, 1.54) is 0 Å². The first-order valence-electron chi connectivity index (χ1n) is 6.15. The zero-order valence-corrected chi connectivity index (χ0v) is 15.6. The van der Waals surface area contributed by atoms with E-state index in [2.05, 4.69) is 43.1 Å². The van der Waals surface area contributed by atoms with E-state index in [0.29, 0.717) is 6.54 Å². The van der Waals surface area contributed by atoms with Gasteiger partial charge in [0.1, 0.15) is 0 Å². The number of hydrogen-bond donors (Lipinski definition) is 3. The second-order valence-corrected chi connectivity index (χ2v) is 5.84. The average molecular weight is 350 g/mol. The molecule has 0 bridgehead atoms. The molecule has 0 aliphatic carbocycles. The summed E-state index contributed by atoms with van der Waals surface area (Å²) in [5.74, 6) is 0.771. The fourth-order valence-corrected chi connectivity index (χ4v) is 1.89. The predicted molar refractivity (Wildman–Crippen MR) is 77.0 cm³/mol. The fraction of sp³-hybridized carbons (Fsp3) is 0.917. The number of aliphatic hydroxyl groups excluding tert-OH is 1. The third-order valence-electron chi connectivity index (χ3n) is 1.96. The molecule has 0 saturated carbocycles. The van der Waals surface area contributed by atoms with Gasteiger partial charge in [-0.25, -0.2) is 0 Å². The first-order chi connectivity index (χ1) is 7.99. The molecule has 18 heavy (non-hydrogen) atoms. The van der Waals surface area contributed by atoms with Crippen LogP contribution in [0.5, 0.6) is 0 Å². The molecule has 0 aromatic heterocycles. The molecule has 0 saturated heterocycles. The number of aliphatic hydroxyl groups is 1. The van der Waals surface area contributed by atoms with Crippen LogP contribution in [0.2, 0.25) is 0 Å². The van der Waals surface area contributed by atoms with Crippen LogP contribution < -0.4 is 10.0 Å². The molecule has 0 aliphatic rings. The van der Waals surface area contributed by atoms with Crippen LogP contribution in [0, 0.1) is 6.92 Å². The van der Waals surface area contributed by atoms with Crippen LogP contribution in [0.15, 0.2) is 0 Å². The van der Waals surface area contributed by atoms with E-state index in [4.69, 9.17) is 0 Å². The summed E-state index contributed by atoms with van der Waals surface area (Å²) < 4.78 is 3.31. The van der Waals surface area contributed by atoms with Gasteiger partial charge in [0.15, 0.2) is 0 Å². The van der Waals surface area contributed by atoms with E-state index >= 15 is 0 Å². The maximum absolute atomic E-state index is 9.18. The Morgan fingerprint density at radius 1 is 1.39 bits per heavy atom. The van der Waals surface area contributed by atoms with Crippen molar-refractivity contribution < 1.29 is 37.8 Å². The topological polar surface area (TPSA) is 58.4 Å². The third kappa shape index (κ3) is 15.4. The van der Waals surface area contributed by atoms with Crippen molar-refractivity contribution >= 4 is 11.9 Å². The zero-order chi connectivity index (χ0) is 13.1. The summed E-state index contributed by atoms with van der Waals surface area (Å²) in [6.07, 6.45) is 1.95. The van der Waals surface area contributed by atoms with Gasteiger partial charge in [-0.15, -0.1) is 6.54 Å². The van der Waals surface area contributed by atoms with Crippen LogP contribution in [0.3, 0.4) is 0 Å². The van der Waals surface area contributed by atoms with Crippen molar-refractivity contribution in [3.05, 3.63) is 12.2 Å². The molecule has 6 heteroatoms. The minimum atomic E-state index is 0. The summed E-state index contributed by atoms with van der Waals surface area (Å²) in [6, 6.07) is 0.0640. The van der Waals surface area contributed by atoms with Crippen LogP contribution in [0.25, 0.3) is 5.32 Å². The van der Waals surface area contributed by atoms with Gasteiger partial charge in [-0.05, 0) is 20.8 Å². The van der Waals surface area contributed by atoms with Crippen molar-refractivity contribution in [2.24, 2.45) is 0 Å². The molecule has 0 aromatic carbocycles. The molecule has 0 amide bonds. The minimum Gasteiger partial charge on any atom is -0.661 e. The summed E-state index contributed by atoms with van der Waals surface area (Å²) in [5, 5.41) is 16.8. The molecule has 4 nitrogen and oxygen atoms in total. The van der Waals surface area contributed by atoms with Crippen LogP contribution in [0.4, 0.5) is 0 Å². The van der Waals surface area contributed by atoms with Crippen molar-refractivity contribution in [3.8, 4) is 0 Å². The molecule has 1 unspecified atom stereocenters. The van der Waals surface area contributed by atoms with Gasteiger partial charge in [-0.1, -0.05) is 18.4 Å². The van der Waals surface area contributed by atoms with Crippen LogP contribution in [0.1, 0.15) is 33.6 Å². The van der Waals surface area contributed by atoms with Gasteiger partial charge >= 0.3 is 0 Å². The molecule has 0 aromatic rings. The van der Waals surface area contributed by atoms with Crippen molar-refractivity contribution in [2.75, 3.05) is 25.6 Å². The molecule has 0 aliphatic heterocycles. The Balaban J connectivity index is 0. The smallest absolute Gasteiger partial charge is 0.0568 e. The molecule has 0 spiro atoms. The molecule has 1 atom stereocenters. The quantitative estimate of drug-likeness (QED) is 0.244. The first kappa shape index (κ1) is 21.6. The fourth-order valence-electron chi connectivity index (χ4n) is 1.07. The number of nitrogens with one attached hydrogen (secondary N) is 2. The second kappa shape index (κ2) is 13.3. The SMILES string of the molecule is [CH2-]CCC[N-]CC(CO)NCSNC(C)(C)C.[Y]. The molecule has 1 radical (unpaired) electrons. The van der Waals surface area contributed by atoms with Gasteiger partial charge in [-0.3, -0.25) is 4.72 Å². The van der Waals surface area contributed by atoms with E-state index in [0.717, 1.165) is 25.3 Å². The van der Waals surface area contributed by atoms with E-state index in [-0.39, 0.29) is 50.9 Å².